The van der Waals surface area contributed by atoms with Crippen molar-refractivity contribution in [3.63, 3.8) is 0 Å². The Labute approximate surface area is 240 Å². The number of nitrogen functional groups attached to an aromatic ring is 2. The fourth-order valence-corrected chi connectivity index (χ4v) is 6.09. The number of hydrogen-bond donors (Lipinski definition) is 2. The molecule has 9 heteroatoms. The van der Waals surface area contributed by atoms with Crippen LogP contribution in [0.4, 0.5) is 20.2 Å². The number of carbonyl (C=O) groups excluding carboxylic acids is 2. The monoisotopic (exact) mass is 570 g/mol. The van der Waals surface area contributed by atoms with Gasteiger partial charge in [-0.1, -0.05) is 38.3 Å². The Kier molecular flexibility index (Phi) is 9.56. The summed E-state index contributed by atoms with van der Waals surface area (Å²) in [7, 11) is 0. The normalized spacial score (nSPS) is 22.0. The maximum absolute atomic E-state index is 15.5. The highest BCUT2D eigenvalue weighted by atomic mass is 19.3. The molecule has 0 heterocycles. The zero-order valence-electron chi connectivity index (χ0n) is 23.6. The van der Waals surface area contributed by atoms with Crippen molar-refractivity contribution in [2.45, 2.75) is 77.2 Å². The van der Waals surface area contributed by atoms with E-state index in [4.69, 9.17) is 25.7 Å². The summed E-state index contributed by atoms with van der Waals surface area (Å²) in [6.07, 6.45) is 8.27. The molecule has 0 aliphatic heterocycles. The number of nitrogens with two attached hydrogens (primary N) is 2. The van der Waals surface area contributed by atoms with Gasteiger partial charge in [-0.3, -0.25) is 0 Å². The first-order valence-corrected chi connectivity index (χ1v) is 14.4. The standard InChI is InChI=1S/C32H40F2N2O5/c1-2-3-4-11-30-12-15-31(16-13-30,17-14-30)32(33,34)41-27-8-5-23(6-9-27)7-10-28(37)39-18-19-40-29(38)24-20-25(35)22-26(36)21-24/h5-10,20-22H,2-4,11-19,35-36H2,1H3. The Bertz CT molecular complexity index is 1200. The summed E-state index contributed by atoms with van der Waals surface area (Å²) in [5, 5.41) is 0. The van der Waals surface area contributed by atoms with E-state index in [2.05, 4.69) is 6.92 Å². The highest BCUT2D eigenvalue weighted by Crippen LogP contribution is 2.63. The molecular formula is C32H40F2N2O5. The Morgan fingerprint density at radius 2 is 1.51 bits per heavy atom. The molecule has 2 bridgehead atoms. The van der Waals surface area contributed by atoms with Crippen molar-refractivity contribution in [1.82, 2.24) is 0 Å². The fraction of sp³-hybridized carbons (Fsp3) is 0.500. The van der Waals surface area contributed by atoms with Crippen LogP contribution in [0.2, 0.25) is 0 Å². The molecule has 3 aliphatic carbocycles. The van der Waals surface area contributed by atoms with Gasteiger partial charge in [0.25, 0.3) is 0 Å². The van der Waals surface area contributed by atoms with Gasteiger partial charge in [0.1, 0.15) is 19.0 Å². The van der Waals surface area contributed by atoms with E-state index >= 15 is 8.78 Å². The average Bonchev–Trinajstić information content (AvgIpc) is 2.95. The largest absolute Gasteiger partial charge is 0.459 e. The van der Waals surface area contributed by atoms with E-state index < -0.39 is 23.5 Å². The minimum Gasteiger partial charge on any atom is -0.459 e. The van der Waals surface area contributed by atoms with E-state index in [9.17, 15) is 9.59 Å². The van der Waals surface area contributed by atoms with E-state index in [0.717, 1.165) is 25.7 Å². The predicted molar refractivity (Wildman–Crippen MR) is 154 cm³/mol. The van der Waals surface area contributed by atoms with Crippen LogP contribution in [0.15, 0.2) is 48.5 Å². The van der Waals surface area contributed by atoms with Gasteiger partial charge in [0.05, 0.1) is 11.0 Å². The van der Waals surface area contributed by atoms with E-state index in [1.165, 1.54) is 61.7 Å². The van der Waals surface area contributed by atoms with Gasteiger partial charge in [0, 0.05) is 17.5 Å². The number of halogens is 2. The second-order valence-corrected chi connectivity index (χ2v) is 11.5. The zero-order chi connectivity index (χ0) is 29.5. The molecule has 0 spiro atoms. The van der Waals surface area contributed by atoms with Crippen LogP contribution in [0.1, 0.15) is 87.1 Å². The quantitative estimate of drug-likeness (QED) is 0.114. The van der Waals surface area contributed by atoms with Crippen LogP contribution >= 0.6 is 0 Å². The van der Waals surface area contributed by atoms with Crippen molar-refractivity contribution in [1.29, 1.82) is 0 Å². The van der Waals surface area contributed by atoms with Crippen LogP contribution < -0.4 is 16.2 Å². The van der Waals surface area contributed by atoms with Gasteiger partial charge < -0.3 is 25.7 Å². The molecule has 3 aliphatic rings. The Morgan fingerprint density at radius 3 is 2.12 bits per heavy atom. The summed E-state index contributed by atoms with van der Waals surface area (Å²) in [5.41, 5.74) is 12.0. The molecule has 41 heavy (non-hydrogen) atoms. The van der Waals surface area contributed by atoms with E-state index in [0.29, 0.717) is 36.2 Å². The number of rotatable bonds is 13. The molecule has 7 nitrogen and oxygen atoms in total. The van der Waals surface area contributed by atoms with E-state index in [-0.39, 0.29) is 29.9 Å². The van der Waals surface area contributed by atoms with Crippen LogP contribution in [0, 0.1) is 10.8 Å². The third kappa shape index (κ3) is 7.57. The molecule has 2 aromatic carbocycles. The second-order valence-electron chi connectivity index (χ2n) is 11.5. The summed E-state index contributed by atoms with van der Waals surface area (Å²) in [5.74, 6) is -1.18. The lowest BCUT2D eigenvalue weighted by Crippen LogP contribution is -2.53. The molecule has 222 valence electrons. The fourth-order valence-electron chi connectivity index (χ4n) is 6.09. The lowest BCUT2D eigenvalue weighted by Gasteiger charge is -2.55. The summed E-state index contributed by atoms with van der Waals surface area (Å²) in [6.45, 7) is 1.90. The summed E-state index contributed by atoms with van der Waals surface area (Å²) in [4.78, 5) is 24.1. The Balaban J connectivity index is 1.21. The third-order valence-corrected chi connectivity index (χ3v) is 8.64. The molecule has 3 fully saturated rings. The number of esters is 2. The maximum atomic E-state index is 15.5. The summed E-state index contributed by atoms with van der Waals surface area (Å²) >= 11 is 0. The molecular weight excluding hydrogens is 530 g/mol. The van der Waals surface area contributed by atoms with E-state index in [1.807, 2.05) is 0 Å². The smallest absolute Gasteiger partial charge is 0.403 e. The van der Waals surface area contributed by atoms with Crippen molar-refractivity contribution in [2.75, 3.05) is 24.7 Å². The van der Waals surface area contributed by atoms with Crippen LogP contribution in [0.5, 0.6) is 5.75 Å². The van der Waals surface area contributed by atoms with Crippen LogP contribution in [-0.4, -0.2) is 31.3 Å². The summed E-state index contributed by atoms with van der Waals surface area (Å²) < 4.78 is 46.3. The first kappa shape index (κ1) is 30.3. The first-order chi connectivity index (χ1) is 19.6. The van der Waals surface area contributed by atoms with Gasteiger partial charge >= 0.3 is 18.0 Å². The minimum atomic E-state index is -3.24. The van der Waals surface area contributed by atoms with Crippen molar-refractivity contribution in [3.8, 4) is 5.75 Å². The highest BCUT2D eigenvalue weighted by molar-refractivity contribution is 5.91. The van der Waals surface area contributed by atoms with Gasteiger partial charge in [-0.25, -0.2) is 9.59 Å². The van der Waals surface area contributed by atoms with Crippen molar-refractivity contribution >= 4 is 29.4 Å². The van der Waals surface area contributed by atoms with Crippen LogP contribution in [0.25, 0.3) is 6.08 Å². The number of unbranched alkanes of at least 4 members (excludes halogenated alkanes) is 2. The third-order valence-electron chi connectivity index (χ3n) is 8.64. The molecule has 0 atom stereocenters. The number of alkyl halides is 2. The van der Waals surface area contributed by atoms with Gasteiger partial charge in [0.2, 0.25) is 0 Å². The topological polar surface area (TPSA) is 114 Å². The number of carbonyl (C=O) groups is 2. The number of benzene rings is 2. The maximum Gasteiger partial charge on any atom is 0.403 e. The molecule has 0 radical (unpaired) electrons. The minimum absolute atomic E-state index is 0.0956. The predicted octanol–water partition coefficient (Wildman–Crippen LogP) is 7.16. The van der Waals surface area contributed by atoms with Crippen molar-refractivity contribution in [3.05, 3.63) is 59.7 Å². The molecule has 2 aromatic rings. The Morgan fingerprint density at radius 1 is 0.902 bits per heavy atom. The number of hydrogen-bond acceptors (Lipinski definition) is 7. The second kappa shape index (κ2) is 12.9. The number of ether oxygens (including phenoxy) is 3. The molecule has 0 amide bonds. The van der Waals surface area contributed by atoms with Crippen molar-refractivity contribution < 1.29 is 32.6 Å². The lowest BCUT2D eigenvalue weighted by atomic mass is 9.52. The average molecular weight is 571 g/mol. The van der Waals surface area contributed by atoms with Crippen LogP contribution in [-0.2, 0) is 14.3 Å². The molecule has 0 unspecified atom stereocenters. The SMILES string of the molecule is CCCCCC12CCC(C(F)(F)Oc3ccc(C=CC(=O)OCCOC(=O)c4cc(N)cc(N)c4)cc3)(CC1)CC2. The summed E-state index contributed by atoms with van der Waals surface area (Å²) in [6, 6.07) is 10.6. The molecule has 3 saturated carbocycles. The van der Waals surface area contributed by atoms with E-state index in [1.54, 1.807) is 12.1 Å². The zero-order valence-corrected chi connectivity index (χ0v) is 23.6. The van der Waals surface area contributed by atoms with Gasteiger partial charge in [-0.15, -0.1) is 0 Å². The molecule has 5 rings (SSSR count). The number of anilines is 2. The van der Waals surface area contributed by atoms with Gasteiger partial charge in [-0.2, -0.15) is 8.78 Å². The van der Waals surface area contributed by atoms with Crippen molar-refractivity contribution in [2.24, 2.45) is 10.8 Å². The molecule has 0 aromatic heterocycles. The first-order valence-electron chi connectivity index (χ1n) is 14.4. The Hall–Kier alpha value is -3.62. The lowest BCUT2D eigenvalue weighted by molar-refractivity contribution is -0.289. The van der Waals surface area contributed by atoms with Gasteiger partial charge in [0.15, 0.2) is 0 Å². The molecule has 4 N–H and O–H groups in total. The molecule has 0 saturated heterocycles. The highest BCUT2D eigenvalue weighted by Gasteiger charge is 2.62. The van der Waals surface area contributed by atoms with Crippen LogP contribution in [0.3, 0.4) is 0 Å². The number of fused-ring (bicyclic) bond motifs is 3. The van der Waals surface area contributed by atoms with Gasteiger partial charge in [-0.05, 0) is 92.3 Å².